The third-order valence-corrected chi connectivity index (χ3v) is 3.84. The van der Waals surface area contributed by atoms with Crippen molar-refractivity contribution < 1.29 is 14.2 Å². The molecule has 0 fully saturated rings. The first-order chi connectivity index (χ1) is 11.1. The van der Waals surface area contributed by atoms with Gasteiger partial charge < -0.3 is 14.2 Å². The zero-order valence-electron chi connectivity index (χ0n) is 15.7. The van der Waals surface area contributed by atoms with E-state index in [1.165, 1.54) is 12.0 Å². The molecule has 0 aliphatic heterocycles. The molecular formula is C20H38O3. The Bertz CT molecular complexity index is 299. The second kappa shape index (κ2) is 16.1. The predicted octanol–water partition coefficient (Wildman–Crippen LogP) is 5.51. The first kappa shape index (κ1) is 22.2. The molecule has 0 aromatic rings. The van der Waals surface area contributed by atoms with E-state index in [1.54, 1.807) is 0 Å². The lowest BCUT2D eigenvalue weighted by molar-refractivity contribution is 0.0711. The van der Waals surface area contributed by atoms with Crippen LogP contribution in [0.5, 0.6) is 0 Å². The van der Waals surface area contributed by atoms with Crippen molar-refractivity contribution in [3.05, 3.63) is 24.5 Å². The summed E-state index contributed by atoms with van der Waals surface area (Å²) in [5.74, 6) is 1.23. The fraction of sp³-hybridized carbons (Fsp3) is 0.800. The zero-order valence-corrected chi connectivity index (χ0v) is 15.7. The maximum absolute atomic E-state index is 5.63. The van der Waals surface area contributed by atoms with Crippen molar-refractivity contribution in [1.82, 2.24) is 0 Å². The molecule has 3 nitrogen and oxygen atoms in total. The van der Waals surface area contributed by atoms with Crippen molar-refractivity contribution in [3.63, 3.8) is 0 Å². The Labute approximate surface area is 144 Å². The van der Waals surface area contributed by atoms with E-state index in [9.17, 15) is 0 Å². The van der Waals surface area contributed by atoms with E-state index < -0.39 is 0 Å². The fourth-order valence-electron chi connectivity index (χ4n) is 2.13. The third kappa shape index (κ3) is 14.5. The van der Waals surface area contributed by atoms with Crippen LogP contribution >= 0.6 is 0 Å². The molecule has 0 saturated carbocycles. The maximum atomic E-state index is 5.63. The summed E-state index contributed by atoms with van der Waals surface area (Å²) in [4.78, 5) is 0. The Morgan fingerprint density at radius 1 is 0.826 bits per heavy atom. The molecule has 3 heteroatoms. The van der Waals surface area contributed by atoms with Crippen LogP contribution in [-0.2, 0) is 14.2 Å². The number of unbranched alkanes of at least 4 members (excludes halogenated alkanes) is 2. The quantitative estimate of drug-likeness (QED) is 0.200. The smallest absolute Gasteiger partial charge is 0.111 e. The van der Waals surface area contributed by atoms with Crippen molar-refractivity contribution in [2.45, 2.75) is 65.7 Å². The lowest BCUT2D eigenvalue weighted by Gasteiger charge is -2.17. The fourth-order valence-corrected chi connectivity index (χ4v) is 2.13. The first-order valence-corrected chi connectivity index (χ1v) is 9.25. The Morgan fingerprint density at radius 3 is 2.00 bits per heavy atom. The third-order valence-electron chi connectivity index (χ3n) is 3.84. The Morgan fingerprint density at radius 2 is 1.39 bits per heavy atom. The van der Waals surface area contributed by atoms with Crippen molar-refractivity contribution >= 4 is 0 Å². The standard InChI is InChI=1S/C20H38O3/c1-6-8-12-21-14-10-11-18(3)19(4)17-20(5)23-16-15-22-13-9-7-2/h19H,3,5-17H2,1-2,4H3. The minimum Gasteiger partial charge on any atom is -0.496 e. The van der Waals surface area contributed by atoms with Gasteiger partial charge in [0.2, 0.25) is 0 Å². The van der Waals surface area contributed by atoms with E-state index in [4.69, 9.17) is 14.2 Å². The van der Waals surface area contributed by atoms with E-state index in [1.807, 2.05) is 0 Å². The van der Waals surface area contributed by atoms with Gasteiger partial charge in [0, 0.05) is 26.2 Å². The summed E-state index contributed by atoms with van der Waals surface area (Å²) in [6, 6.07) is 0. The van der Waals surface area contributed by atoms with E-state index >= 15 is 0 Å². The van der Waals surface area contributed by atoms with Crippen LogP contribution in [0.25, 0.3) is 0 Å². The van der Waals surface area contributed by atoms with Gasteiger partial charge in [-0.15, -0.1) is 0 Å². The SMILES string of the molecule is C=C(CC(C)C(=C)CCCOCCCC)OCCOCCCC. The number of ether oxygens (including phenoxy) is 3. The van der Waals surface area contributed by atoms with Gasteiger partial charge in [0.15, 0.2) is 0 Å². The molecule has 23 heavy (non-hydrogen) atoms. The molecular weight excluding hydrogens is 288 g/mol. The van der Waals surface area contributed by atoms with Gasteiger partial charge >= 0.3 is 0 Å². The second-order valence-corrected chi connectivity index (χ2v) is 6.19. The van der Waals surface area contributed by atoms with Crippen LogP contribution in [0, 0.1) is 5.92 Å². The molecule has 0 spiro atoms. The van der Waals surface area contributed by atoms with E-state index in [0.717, 1.165) is 64.1 Å². The van der Waals surface area contributed by atoms with E-state index in [0.29, 0.717) is 19.1 Å². The van der Waals surface area contributed by atoms with Crippen molar-refractivity contribution in [1.29, 1.82) is 0 Å². The highest BCUT2D eigenvalue weighted by molar-refractivity contribution is 5.03. The molecule has 0 rings (SSSR count). The molecule has 0 radical (unpaired) electrons. The molecule has 0 aromatic heterocycles. The summed E-state index contributed by atoms with van der Waals surface area (Å²) in [5, 5.41) is 0. The van der Waals surface area contributed by atoms with Gasteiger partial charge in [0.05, 0.1) is 12.4 Å². The van der Waals surface area contributed by atoms with Crippen LogP contribution in [0.2, 0.25) is 0 Å². The summed E-state index contributed by atoms with van der Waals surface area (Å²) < 4.78 is 16.7. The molecule has 0 aliphatic carbocycles. The summed E-state index contributed by atoms with van der Waals surface area (Å²) >= 11 is 0. The lowest BCUT2D eigenvalue weighted by Crippen LogP contribution is -2.08. The summed E-state index contributed by atoms with van der Waals surface area (Å²) in [6.07, 6.45) is 7.51. The molecule has 1 atom stereocenters. The summed E-state index contributed by atoms with van der Waals surface area (Å²) in [5.41, 5.74) is 1.26. The first-order valence-electron chi connectivity index (χ1n) is 9.25. The maximum Gasteiger partial charge on any atom is 0.111 e. The van der Waals surface area contributed by atoms with Crippen molar-refractivity contribution in [2.24, 2.45) is 5.92 Å². The van der Waals surface area contributed by atoms with Crippen LogP contribution in [0.15, 0.2) is 24.5 Å². The molecule has 1 unspecified atom stereocenters. The average molecular weight is 327 g/mol. The number of rotatable bonds is 17. The van der Waals surface area contributed by atoms with Gasteiger partial charge in [-0.05, 0) is 31.6 Å². The molecule has 0 heterocycles. The predicted molar refractivity (Wildman–Crippen MR) is 98.7 cm³/mol. The Hall–Kier alpha value is -0.800. The summed E-state index contributed by atoms with van der Waals surface area (Å²) in [7, 11) is 0. The largest absolute Gasteiger partial charge is 0.496 e. The van der Waals surface area contributed by atoms with Crippen LogP contribution < -0.4 is 0 Å². The molecule has 0 N–H and O–H groups in total. The zero-order chi connectivity index (χ0) is 17.3. The van der Waals surface area contributed by atoms with Gasteiger partial charge in [-0.2, -0.15) is 0 Å². The minimum atomic E-state index is 0.402. The van der Waals surface area contributed by atoms with Gasteiger partial charge in [-0.3, -0.25) is 0 Å². The Balaban J connectivity index is 3.59. The topological polar surface area (TPSA) is 27.7 Å². The van der Waals surface area contributed by atoms with Gasteiger partial charge in [0.1, 0.15) is 6.61 Å². The Kier molecular flexibility index (Phi) is 15.5. The number of hydrogen-bond donors (Lipinski definition) is 0. The molecule has 0 aromatic carbocycles. The number of allylic oxidation sites excluding steroid dienone is 2. The molecule has 0 bridgehead atoms. The average Bonchev–Trinajstić information content (AvgIpc) is 2.53. The molecule has 0 amide bonds. The van der Waals surface area contributed by atoms with Crippen LogP contribution in [0.4, 0.5) is 0 Å². The highest BCUT2D eigenvalue weighted by atomic mass is 16.5. The van der Waals surface area contributed by atoms with Crippen LogP contribution in [0.3, 0.4) is 0 Å². The normalized spacial score (nSPS) is 12.1. The molecule has 0 aliphatic rings. The number of hydrogen-bond acceptors (Lipinski definition) is 3. The van der Waals surface area contributed by atoms with E-state index in [2.05, 4.69) is 33.9 Å². The van der Waals surface area contributed by atoms with Crippen molar-refractivity contribution in [3.8, 4) is 0 Å². The van der Waals surface area contributed by atoms with E-state index in [-0.39, 0.29) is 0 Å². The van der Waals surface area contributed by atoms with Crippen molar-refractivity contribution in [2.75, 3.05) is 33.0 Å². The minimum absolute atomic E-state index is 0.402. The molecule has 136 valence electrons. The highest BCUT2D eigenvalue weighted by Gasteiger charge is 2.09. The van der Waals surface area contributed by atoms with Gasteiger partial charge in [-0.25, -0.2) is 0 Å². The monoisotopic (exact) mass is 326 g/mol. The second-order valence-electron chi connectivity index (χ2n) is 6.19. The van der Waals surface area contributed by atoms with Crippen LogP contribution in [-0.4, -0.2) is 33.0 Å². The van der Waals surface area contributed by atoms with Gasteiger partial charge in [-0.1, -0.05) is 52.3 Å². The highest BCUT2D eigenvalue weighted by Crippen LogP contribution is 2.21. The van der Waals surface area contributed by atoms with Gasteiger partial charge in [0.25, 0.3) is 0 Å². The lowest BCUT2D eigenvalue weighted by atomic mass is 9.95. The van der Waals surface area contributed by atoms with Crippen LogP contribution in [0.1, 0.15) is 65.7 Å². The summed E-state index contributed by atoms with van der Waals surface area (Å²) in [6.45, 7) is 18.5. The molecule has 0 saturated heterocycles.